The fourth-order valence-corrected chi connectivity index (χ4v) is 2.10. The van der Waals surface area contributed by atoms with E-state index in [-0.39, 0.29) is 5.91 Å². The Kier molecular flexibility index (Phi) is 4.99. The number of carbonyl (C=O) groups is 2. The molecule has 2 aromatic rings. The monoisotopic (exact) mass is 327 g/mol. The second-order valence-corrected chi connectivity index (χ2v) is 5.45. The summed E-state index contributed by atoms with van der Waals surface area (Å²) in [6.07, 6.45) is 0. The Labute approximate surface area is 139 Å². The summed E-state index contributed by atoms with van der Waals surface area (Å²) < 4.78 is 0. The van der Waals surface area contributed by atoms with Crippen molar-refractivity contribution < 1.29 is 9.59 Å². The van der Waals surface area contributed by atoms with Crippen molar-refractivity contribution in [2.45, 2.75) is 0 Å². The van der Waals surface area contributed by atoms with Gasteiger partial charge in [-0.25, -0.2) is 0 Å². The summed E-state index contributed by atoms with van der Waals surface area (Å²) in [7, 11) is 3.28. The Morgan fingerprint density at radius 3 is 2.52 bits per heavy atom. The Balaban J connectivity index is 2.28. The van der Waals surface area contributed by atoms with Gasteiger partial charge < -0.3 is 10.2 Å². The number of halogens is 1. The molecule has 0 aliphatic heterocycles. The van der Waals surface area contributed by atoms with Gasteiger partial charge in [0.15, 0.2) is 0 Å². The largest absolute Gasteiger partial charge is 0.345 e. The SMILES string of the molecule is CN(C)C(=O)c1ccc(Cl)c(NC(=O)c2cccc(C#N)c2)c1. The molecule has 0 aliphatic rings. The van der Waals surface area contributed by atoms with E-state index in [4.69, 9.17) is 16.9 Å². The van der Waals surface area contributed by atoms with Gasteiger partial charge in [0.1, 0.15) is 0 Å². The van der Waals surface area contributed by atoms with Gasteiger partial charge in [-0.3, -0.25) is 9.59 Å². The molecule has 0 fully saturated rings. The average molecular weight is 328 g/mol. The van der Waals surface area contributed by atoms with Crippen molar-refractivity contribution in [2.24, 2.45) is 0 Å². The van der Waals surface area contributed by atoms with E-state index in [1.54, 1.807) is 44.4 Å². The second kappa shape index (κ2) is 6.95. The van der Waals surface area contributed by atoms with Crippen LogP contribution in [0, 0.1) is 11.3 Å². The fraction of sp³-hybridized carbons (Fsp3) is 0.118. The molecule has 0 atom stereocenters. The van der Waals surface area contributed by atoms with Crippen LogP contribution in [0.25, 0.3) is 0 Å². The number of anilines is 1. The maximum Gasteiger partial charge on any atom is 0.255 e. The number of benzene rings is 2. The number of nitriles is 1. The van der Waals surface area contributed by atoms with Crippen LogP contribution in [-0.2, 0) is 0 Å². The molecule has 0 aromatic heterocycles. The van der Waals surface area contributed by atoms with E-state index in [2.05, 4.69) is 5.32 Å². The van der Waals surface area contributed by atoms with Crippen LogP contribution in [0.5, 0.6) is 0 Å². The highest BCUT2D eigenvalue weighted by molar-refractivity contribution is 6.34. The minimum absolute atomic E-state index is 0.191. The lowest BCUT2D eigenvalue weighted by molar-refractivity contribution is 0.0827. The average Bonchev–Trinajstić information content (AvgIpc) is 2.56. The lowest BCUT2D eigenvalue weighted by atomic mass is 10.1. The molecule has 0 radical (unpaired) electrons. The lowest BCUT2D eigenvalue weighted by Gasteiger charge is -2.13. The zero-order valence-electron chi connectivity index (χ0n) is 12.6. The zero-order valence-corrected chi connectivity index (χ0v) is 13.4. The Bertz CT molecular complexity index is 810. The van der Waals surface area contributed by atoms with E-state index in [1.807, 2.05) is 6.07 Å². The number of nitrogens with one attached hydrogen (secondary N) is 1. The van der Waals surface area contributed by atoms with Crippen LogP contribution >= 0.6 is 11.6 Å². The molecule has 0 spiro atoms. The molecule has 0 saturated carbocycles. The summed E-state index contributed by atoms with van der Waals surface area (Å²) in [4.78, 5) is 25.7. The summed E-state index contributed by atoms with van der Waals surface area (Å²) >= 11 is 6.08. The number of nitrogens with zero attached hydrogens (tertiary/aromatic N) is 2. The van der Waals surface area contributed by atoms with Crippen LogP contribution in [-0.4, -0.2) is 30.8 Å². The van der Waals surface area contributed by atoms with Gasteiger partial charge >= 0.3 is 0 Å². The maximum absolute atomic E-state index is 12.3. The fourth-order valence-electron chi connectivity index (χ4n) is 1.94. The number of hydrogen-bond acceptors (Lipinski definition) is 3. The molecule has 2 rings (SSSR count). The number of carbonyl (C=O) groups excluding carboxylic acids is 2. The standard InChI is InChI=1S/C17H14ClN3O2/c1-21(2)17(23)13-6-7-14(18)15(9-13)20-16(22)12-5-3-4-11(8-12)10-19/h3-9H,1-2H3,(H,20,22). The molecular formula is C17H14ClN3O2. The van der Waals surface area contributed by atoms with Crippen molar-refractivity contribution in [1.82, 2.24) is 4.90 Å². The van der Waals surface area contributed by atoms with Crippen LogP contribution < -0.4 is 5.32 Å². The first-order valence-electron chi connectivity index (χ1n) is 6.75. The molecule has 0 saturated heterocycles. The van der Waals surface area contributed by atoms with Gasteiger partial charge in [0.2, 0.25) is 0 Å². The van der Waals surface area contributed by atoms with Crippen molar-refractivity contribution in [3.05, 3.63) is 64.2 Å². The molecule has 2 aromatic carbocycles. The van der Waals surface area contributed by atoms with Gasteiger partial charge in [0, 0.05) is 25.2 Å². The van der Waals surface area contributed by atoms with Gasteiger partial charge in [0.05, 0.1) is 22.3 Å². The van der Waals surface area contributed by atoms with E-state index in [1.165, 1.54) is 17.0 Å². The summed E-state index contributed by atoms with van der Waals surface area (Å²) in [5, 5.41) is 11.9. The van der Waals surface area contributed by atoms with Crippen molar-refractivity contribution in [1.29, 1.82) is 5.26 Å². The minimum atomic E-state index is -0.404. The van der Waals surface area contributed by atoms with Crippen LogP contribution in [0.1, 0.15) is 26.3 Å². The number of hydrogen-bond donors (Lipinski definition) is 1. The van der Waals surface area contributed by atoms with Crippen LogP contribution in [0.2, 0.25) is 5.02 Å². The molecule has 2 amide bonds. The maximum atomic E-state index is 12.3. The van der Waals surface area contributed by atoms with E-state index in [9.17, 15) is 9.59 Å². The third kappa shape index (κ3) is 3.87. The van der Waals surface area contributed by atoms with Crippen molar-refractivity contribution >= 4 is 29.1 Å². The third-order valence-electron chi connectivity index (χ3n) is 3.12. The Morgan fingerprint density at radius 2 is 1.87 bits per heavy atom. The molecule has 116 valence electrons. The normalized spacial score (nSPS) is 9.83. The van der Waals surface area contributed by atoms with Crippen LogP contribution in [0.3, 0.4) is 0 Å². The predicted molar refractivity (Wildman–Crippen MR) is 88.6 cm³/mol. The van der Waals surface area contributed by atoms with E-state index in [0.29, 0.717) is 27.4 Å². The van der Waals surface area contributed by atoms with E-state index < -0.39 is 5.91 Å². The predicted octanol–water partition coefficient (Wildman–Crippen LogP) is 3.17. The smallest absolute Gasteiger partial charge is 0.255 e. The minimum Gasteiger partial charge on any atom is -0.345 e. The molecule has 0 aliphatic carbocycles. The third-order valence-corrected chi connectivity index (χ3v) is 3.45. The Hall–Kier alpha value is -2.84. The van der Waals surface area contributed by atoms with Crippen molar-refractivity contribution in [3.63, 3.8) is 0 Å². The molecule has 0 heterocycles. The molecule has 23 heavy (non-hydrogen) atoms. The number of rotatable bonds is 3. The molecule has 1 N–H and O–H groups in total. The molecule has 5 nitrogen and oxygen atoms in total. The van der Waals surface area contributed by atoms with Gasteiger partial charge in [-0.15, -0.1) is 0 Å². The van der Waals surface area contributed by atoms with Gasteiger partial charge in [-0.2, -0.15) is 5.26 Å². The zero-order chi connectivity index (χ0) is 17.0. The van der Waals surface area contributed by atoms with Crippen molar-refractivity contribution in [2.75, 3.05) is 19.4 Å². The summed E-state index contributed by atoms with van der Waals surface area (Å²) in [5.41, 5.74) is 1.48. The Morgan fingerprint density at radius 1 is 1.13 bits per heavy atom. The quantitative estimate of drug-likeness (QED) is 0.941. The molecule has 6 heteroatoms. The van der Waals surface area contributed by atoms with Crippen molar-refractivity contribution in [3.8, 4) is 6.07 Å². The molecule has 0 unspecified atom stereocenters. The van der Waals surface area contributed by atoms with Gasteiger partial charge in [-0.05, 0) is 36.4 Å². The summed E-state index contributed by atoms with van der Waals surface area (Å²) in [6.45, 7) is 0. The van der Waals surface area contributed by atoms with Crippen LogP contribution in [0.15, 0.2) is 42.5 Å². The highest BCUT2D eigenvalue weighted by Crippen LogP contribution is 2.24. The van der Waals surface area contributed by atoms with Crippen LogP contribution in [0.4, 0.5) is 5.69 Å². The highest BCUT2D eigenvalue weighted by atomic mass is 35.5. The van der Waals surface area contributed by atoms with Gasteiger partial charge in [0.25, 0.3) is 11.8 Å². The topological polar surface area (TPSA) is 73.2 Å². The van der Waals surface area contributed by atoms with Gasteiger partial charge in [-0.1, -0.05) is 17.7 Å². The van der Waals surface area contributed by atoms with E-state index in [0.717, 1.165) is 0 Å². The first-order valence-corrected chi connectivity index (χ1v) is 7.13. The first kappa shape index (κ1) is 16.5. The summed E-state index contributed by atoms with van der Waals surface area (Å²) in [6, 6.07) is 13.0. The summed E-state index contributed by atoms with van der Waals surface area (Å²) in [5.74, 6) is -0.595. The number of amides is 2. The first-order chi connectivity index (χ1) is 10.9. The van der Waals surface area contributed by atoms with E-state index >= 15 is 0 Å². The second-order valence-electron chi connectivity index (χ2n) is 5.04. The molecular weight excluding hydrogens is 314 g/mol. The highest BCUT2D eigenvalue weighted by Gasteiger charge is 2.13. The molecule has 0 bridgehead atoms. The lowest BCUT2D eigenvalue weighted by Crippen LogP contribution is -2.22.